The van der Waals surface area contributed by atoms with Gasteiger partial charge in [0.2, 0.25) is 0 Å². The van der Waals surface area contributed by atoms with E-state index in [-0.39, 0.29) is 5.91 Å². The topological polar surface area (TPSA) is 71.5 Å². The Labute approximate surface area is 182 Å². The van der Waals surface area contributed by atoms with Crippen molar-refractivity contribution in [2.45, 2.75) is 26.9 Å². The number of nitrogens with zero attached hydrogens (tertiary/aromatic N) is 5. The average molecular weight is 418 g/mol. The van der Waals surface area contributed by atoms with E-state index < -0.39 is 6.10 Å². The van der Waals surface area contributed by atoms with E-state index >= 15 is 0 Å². The van der Waals surface area contributed by atoms with Crippen LogP contribution in [0.4, 0.5) is 5.82 Å². The molecule has 160 valence electrons. The molecule has 0 saturated carbocycles. The van der Waals surface area contributed by atoms with E-state index in [1.165, 1.54) is 0 Å². The lowest BCUT2D eigenvalue weighted by molar-refractivity contribution is -0.138. The normalized spacial score (nSPS) is 14.9. The summed E-state index contributed by atoms with van der Waals surface area (Å²) in [7, 11) is 0. The van der Waals surface area contributed by atoms with Crippen molar-refractivity contribution in [2.24, 2.45) is 0 Å². The minimum Gasteiger partial charge on any atom is -0.481 e. The molecule has 1 aliphatic rings. The molecule has 1 aromatic carbocycles. The van der Waals surface area contributed by atoms with Gasteiger partial charge >= 0.3 is 0 Å². The van der Waals surface area contributed by atoms with Gasteiger partial charge in [-0.15, -0.1) is 10.2 Å². The lowest BCUT2D eigenvalue weighted by atomic mass is 10.1. The fraction of sp³-hybridized carbons (Fsp3) is 0.333. The third-order valence-corrected chi connectivity index (χ3v) is 5.38. The Kier molecular flexibility index (Phi) is 6.11. The quantitative estimate of drug-likeness (QED) is 0.635. The number of amides is 1. The van der Waals surface area contributed by atoms with Gasteiger partial charge in [0.25, 0.3) is 5.91 Å². The predicted octanol–water partition coefficient (Wildman–Crippen LogP) is 3.27. The van der Waals surface area contributed by atoms with Crippen LogP contribution in [0.5, 0.6) is 5.75 Å². The number of ether oxygens (including phenoxy) is 1. The summed E-state index contributed by atoms with van der Waals surface area (Å²) >= 11 is 0. The first-order valence-corrected chi connectivity index (χ1v) is 10.5. The molecule has 1 aliphatic heterocycles. The zero-order chi connectivity index (χ0) is 21.8. The van der Waals surface area contributed by atoms with Gasteiger partial charge in [-0.1, -0.05) is 6.07 Å². The largest absolute Gasteiger partial charge is 0.481 e. The monoisotopic (exact) mass is 417 g/mol. The number of aryl methyl sites for hydroxylation is 2. The molecule has 1 fully saturated rings. The van der Waals surface area contributed by atoms with Crippen LogP contribution in [-0.4, -0.2) is 58.3 Å². The van der Waals surface area contributed by atoms with E-state index in [0.29, 0.717) is 26.2 Å². The maximum absolute atomic E-state index is 12.9. The number of hydrogen-bond acceptors (Lipinski definition) is 6. The van der Waals surface area contributed by atoms with E-state index in [1.54, 1.807) is 12.4 Å². The van der Waals surface area contributed by atoms with Crippen molar-refractivity contribution in [1.82, 2.24) is 20.1 Å². The van der Waals surface area contributed by atoms with Crippen LogP contribution in [0, 0.1) is 13.8 Å². The van der Waals surface area contributed by atoms with E-state index in [9.17, 15) is 4.79 Å². The highest BCUT2D eigenvalue weighted by molar-refractivity contribution is 5.81. The van der Waals surface area contributed by atoms with Gasteiger partial charge < -0.3 is 14.5 Å². The summed E-state index contributed by atoms with van der Waals surface area (Å²) < 4.78 is 5.93. The second kappa shape index (κ2) is 9.12. The Bertz CT molecular complexity index is 1010. The molecule has 7 heteroatoms. The smallest absolute Gasteiger partial charge is 0.263 e. The van der Waals surface area contributed by atoms with Crippen LogP contribution in [0.3, 0.4) is 0 Å². The van der Waals surface area contributed by atoms with E-state index in [4.69, 9.17) is 4.74 Å². The zero-order valence-corrected chi connectivity index (χ0v) is 18.2. The first-order valence-electron chi connectivity index (χ1n) is 10.5. The molecular weight excluding hydrogens is 390 g/mol. The molecule has 3 aromatic rings. The molecular formula is C24H27N5O2. The van der Waals surface area contributed by atoms with E-state index in [1.807, 2.05) is 62.1 Å². The van der Waals surface area contributed by atoms with Gasteiger partial charge in [-0.2, -0.15) is 0 Å². The SMILES string of the molecule is Cc1cc(C)cc(OC(C)C(=O)N2CCN(c3ccc(-c4cccnc4)nn3)CC2)c1. The van der Waals surface area contributed by atoms with Crippen LogP contribution in [0.1, 0.15) is 18.1 Å². The van der Waals surface area contributed by atoms with Crippen molar-refractivity contribution in [3.05, 3.63) is 66.0 Å². The van der Waals surface area contributed by atoms with Gasteiger partial charge in [0.1, 0.15) is 5.75 Å². The molecule has 1 unspecified atom stereocenters. The summed E-state index contributed by atoms with van der Waals surface area (Å²) in [5.41, 5.74) is 3.98. The Balaban J connectivity index is 1.33. The summed E-state index contributed by atoms with van der Waals surface area (Å²) in [4.78, 5) is 21.0. The molecule has 31 heavy (non-hydrogen) atoms. The zero-order valence-electron chi connectivity index (χ0n) is 18.2. The maximum atomic E-state index is 12.9. The molecule has 3 heterocycles. The van der Waals surface area contributed by atoms with Gasteiger partial charge in [-0.05, 0) is 68.3 Å². The lowest BCUT2D eigenvalue weighted by Crippen LogP contribution is -2.52. The van der Waals surface area contributed by atoms with Crippen LogP contribution in [0.15, 0.2) is 54.9 Å². The number of hydrogen-bond donors (Lipinski definition) is 0. The molecule has 0 spiro atoms. The van der Waals surface area contributed by atoms with Crippen molar-refractivity contribution in [3.63, 3.8) is 0 Å². The van der Waals surface area contributed by atoms with Crippen molar-refractivity contribution in [1.29, 1.82) is 0 Å². The van der Waals surface area contributed by atoms with E-state index in [0.717, 1.165) is 34.0 Å². The molecule has 0 aliphatic carbocycles. The van der Waals surface area contributed by atoms with Gasteiger partial charge in [-0.3, -0.25) is 9.78 Å². The number of anilines is 1. The number of carbonyl (C=O) groups excluding carboxylic acids is 1. The van der Waals surface area contributed by atoms with Gasteiger partial charge in [0.05, 0.1) is 5.69 Å². The van der Waals surface area contributed by atoms with Crippen LogP contribution in [0.2, 0.25) is 0 Å². The molecule has 0 bridgehead atoms. The minimum absolute atomic E-state index is 0.0109. The third kappa shape index (κ3) is 4.99. The standard InChI is InChI=1S/C24H27N5O2/c1-17-13-18(2)15-21(14-17)31-19(3)24(30)29-11-9-28(10-12-29)23-7-6-22(26-27-23)20-5-4-8-25-16-20/h4-8,13-16,19H,9-12H2,1-3H3. The Morgan fingerprint density at radius 1 is 1.00 bits per heavy atom. The first kappa shape index (κ1) is 20.8. The molecule has 4 rings (SSSR count). The summed E-state index contributed by atoms with van der Waals surface area (Å²) in [5.74, 6) is 1.57. The van der Waals surface area contributed by atoms with Crippen LogP contribution in [0.25, 0.3) is 11.3 Å². The summed E-state index contributed by atoms with van der Waals surface area (Å²) in [6.07, 6.45) is 2.99. The number of rotatable bonds is 5. The summed E-state index contributed by atoms with van der Waals surface area (Å²) in [6, 6.07) is 13.8. The molecule has 7 nitrogen and oxygen atoms in total. The Hall–Kier alpha value is -3.48. The number of carbonyl (C=O) groups is 1. The van der Waals surface area contributed by atoms with E-state index in [2.05, 4.69) is 26.1 Å². The first-order chi connectivity index (χ1) is 15.0. The van der Waals surface area contributed by atoms with Crippen LogP contribution < -0.4 is 9.64 Å². The highest BCUT2D eigenvalue weighted by atomic mass is 16.5. The van der Waals surface area contributed by atoms with Gasteiger partial charge in [0, 0.05) is 44.1 Å². The molecule has 1 amide bonds. The Morgan fingerprint density at radius 3 is 2.35 bits per heavy atom. The van der Waals surface area contributed by atoms with Crippen LogP contribution in [-0.2, 0) is 4.79 Å². The maximum Gasteiger partial charge on any atom is 0.263 e. The van der Waals surface area contributed by atoms with Crippen LogP contribution >= 0.6 is 0 Å². The van der Waals surface area contributed by atoms with Crippen molar-refractivity contribution >= 4 is 11.7 Å². The number of benzene rings is 1. The number of piperazine rings is 1. The fourth-order valence-electron chi connectivity index (χ4n) is 3.83. The molecule has 0 radical (unpaired) electrons. The second-order valence-electron chi connectivity index (χ2n) is 7.91. The summed E-state index contributed by atoms with van der Waals surface area (Å²) in [5, 5.41) is 8.71. The van der Waals surface area contributed by atoms with Crippen molar-refractivity contribution in [3.8, 4) is 17.0 Å². The van der Waals surface area contributed by atoms with Crippen molar-refractivity contribution < 1.29 is 9.53 Å². The average Bonchev–Trinajstić information content (AvgIpc) is 2.79. The Morgan fingerprint density at radius 2 is 1.74 bits per heavy atom. The van der Waals surface area contributed by atoms with Gasteiger partial charge in [0.15, 0.2) is 11.9 Å². The van der Waals surface area contributed by atoms with Crippen molar-refractivity contribution in [2.75, 3.05) is 31.1 Å². The lowest BCUT2D eigenvalue weighted by Gasteiger charge is -2.36. The fourth-order valence-corrected chi connectivity index (χ4v) is 3.83. The molecule has 1 saturated heterocycles. The highest BCUT2D eigenvalue weighted by Crippen LogP contribution is 2.20. The minimum atomic E-state index is -0.522. The van der Waals surface area contributed by atoms with Gasteiger partial charge in [-0.25, -0.2) is 0 Å². The highest BCUT2D eigenvalue weighted by Gasteiger charge is 2.26. The third-order valence-electron chi connectivity index (χ3n) is 5.38. The predicted molar refractivity (Wildman–Crippen MR) is 120 cm³/mol. The second-order valence-corrected chi connectivity index (χ2v) is 7.91. The number of aromatic nitrogens is 3. The molecule has 0 N–H and O–H groups in total. The molecule has 1 atom stereocenters. The number of pyridine rings is 1. The summed E-state index contributed by atoms with van der Waals surface area (Å²) in [6.45, 7) is 8.55. The molecule has 2 aromatic heterocycles.